The Balaban J connectivity index is 2.12. The van der Waals surface area contributed by atoms with Gasteiger partial charge in [-0.05, 0) is 42.3 Å². The van der Waals surface area contributed by atoms with Gasteiger partial charge in [-0.3, -0.25) is 0 Å². The molecule has 22 heavy (non-hydrogen) atoms. The predicted molar refractivity (Wildman–Crippen MR) is 88.9 cm³/mol. The molecule has 118 valence electrons. The smallest absolute Gasteiger partial charge is 0.161 e. The summed E-state index contributed by atoms with van der Waals surface area (Å²) in [6, 6.07) is 11.2. The fraction of sp³-hybridized carbons (Fsp3) is 0.294. The summed E-state index contributed by atoms with van der Waals surface area (Å²) in [4.78, 5) is 0. The lowest BCUT2D eigenvalue weighted by Crippen LogP contribution is -2.02. The second-order valence-electron chi connectivity index (χ2n) is 4.74. The Bertz CT molecular complexity index is 631. The summed E-state index contributed by atoms with van der Waals surface area (Å²) in [5.41, 5.74) is 2.66. The molecule has 0 radical (unpaired) electrons. The fourth-order valence-corrected chi connectivity index (χ4v) is 2.29. The lowest BCUT2D eigenvalue weighted by atomic mass is 10.1. The van der Waals surface area contributed by atoms with Gasteiger partial charge >= 0.3 is 0 Å². The van der Waals surface area contributed by atoms with E-state index in [2.05, 4.69) is 5.32 Å². The highest BCUT2D eigenvalue weighted by Crippen LogP contribution is 2.29. The topological polar surface area (TPSA) is 50.7 Å². The molecule has 0 spiro atoms. The number of benzene rings is 2. The second kappa shape index (κ2) is 7.92. The molecule has 0 aliphatic carbocycles. The van der Waals surface area contributed by atoms with Crippen LogP contribution in [0.1, 0.15) is 18.1 Å². The first-order valence-electron chi connectivity index (χ1n) is 7.10. The van der Waals surface area contributed by atoms with Crippen LogP contribution < -0.4 is 14.8 Å². The maximum absolute atomic E-state index is 9.19. The Kier molecular flexibility index (Phi) is 5.92. The molecule has 2 aromatic carbocycles. The minimum Gasteiger partial charge on any atom is -0.493 e. The normalized spacial score (nSPS) is 10.4. The van der Waals surface area contributed by atoms with Crippen LogP contribution in [0.3, 0.4) is 0 Å². The summed E-state index contributed by atoms with van der Waals surface area (Å²) in [5, 5.41) is 13.1. The Morgan fingerprint density at radius 1 is 1.09 bits per heavy atom. The summed E-state index contributed by atoms with van der Waals surface area (Å²) >= 11 is 6.16. The summed E-state index contributed by atoms with van der Waals surface area (Å²) in [6.45, 7) is 3.10. The number of ether oxygens (including phenoxy) is 2. The van der Waals surface area contributed by atoms with Gasteiger partial charge in [-0.1, -0.05) is 23.7 Å². The maximum Gasteiger partial charge on any atom is 0.161 e. The number of halogens is 1. The van der Waals surface area contributed by atoms with Gasteiger partial charge in [-0.25, -0.2) is 0 Å². The van der Waals surface area contributed by atoms with E-state index in [-0.39, 0.29) is 6.61 Å². The van der Waals surface area contributed by atoms with Crippen LogP contribution in [0, 0.1) is 0 Å². The third kappa shape index (κ3) is 4.06. The molecule has 0 fully saturated rings. The van der Waals surface area contributed by atoms with Crippen LogP contribution in [0.5, 0.6) is 11.5 Å². The monoisotopic (exact) mass is 321 g/mol. The van der Waals surface area contributed by atoms with Gasteiger partial charge in [-0.2, -0.15) is 0 Å². The van der Waals surface area contributed by atoms with Crippen molar-refractivity contribution >= 4 is 17.3 Å². The van der Waals surface area contributed by atoms with Crippen LogP contribution >= 0.6 is 11.6 Å². The van der Waals surface area contributed by atoms with E-state index in [1.165, 1.54) is 0 Å². The van der Waals surface area contributed by atoms with Crippen molar-refractivity contribution in [1.82, 2.24) is 0 Å². The van der Waals surface area contributed by atoms with Crippen LogP contribution in [0.15, 0.2) is 36.4 Å². The standard InChI is InChI=1S/C17H20ClNO3/c1-3-22-17-9-12(5-7-16(17)21-2)10-19-15-8-13(11-20)4-6-14(15)18/h4-9,19-20H,3,10-11H2,1-2H3. The third-order valence-electron chi connectivity index (χ3n) is 3.22. The second-order valence-corrected chi connectivity index (χ2v) is 5.15. The lowest BCUT2D eigenvalue weighted by molar-refractivity contribution is 0.282. The fourth-order valence-electron chi connectivity index (χ4n) is 2.10. The molecule has 0 heterocycles. The van der Waals surface area contributed by atoms with Gasteiger partial charge in [0.15, 0.2) is 11.5 Å². The van der Waals surface area contributed by atoms with Gasteiger partial charge in [-0.15, -0.1) is 0 Å². The van der Waals surface area contributed by atoms with Gasteiger partial charge in [0, 0.05) is 6.54 Å². The number of rotatable bonds is 7. The van der Waals surface area contributed by atoms with Gasteiger partial charge in [0.05, 0.1) is 31.0 Å². The SMILES string of the molecule is CCOc1cc(CNc2cc(CO)ccc2Cl)ccc1OC. The molecule has 0 aliphatic heterocycles. The summed E-state index contributed by atoms with van der Waals surface area (Å²) < 4.78 is 10.8. The summed E-state index contributed by atoms with van der Waals surface area (Å²) in [5.74, 6) is 1.44. The van der Waals surface area contributed by atoms with Crippen molar-refractivity contribution in [2.45, 2.75) is 20.1 Å². The van der Waals surface area contributed by atoms with Crippen LogP contribution in [0.2, 0.25) is 5.02 Å². The molecule has 0 unspecified atom stereocenters. The summed E-state index contributed by atoms with van der Waals surface area (Å²) in [6.07, 6.45) is 0. The zero-order valence-electron chi connectivity index (χ0n) is 12.7. The molecule has 0 bridgehead atoms. The Morgan fingerprint density at radius 2 is 1.86 bits per heavy atom. The van der Waals surface area contributed by atoms with Crippen molar-refractivity contribution in [3.05, 3.63) is 52.5 Å². The number of hydrogen-bond donors (Lipinski definition) is 2. The van der Waals surface area contributed by atoms with Crippen LogP contribution in [0.25, 0.3) is 0 Å². The van der Waals surface area contributed by atoms with Crippen molar-refractivity contribution in [3.8, 4) is 11.5 Å². The number of methoxy groups -OCH3 is 1. The average molecular weight is 322 g/mol. The minimum atomic E-state index is -0.0110. The van der Waals surface area contributed by atoms with E-state index in [0.29, 0.717) is 23.9 Å². The van der Waals surface area contributed by atoms with Gasteiger partial charge in [0.1, 0.15) is 0 Å². The van der Waals surface area contributed by atoms with Crippen molar-refractivity contribution in [1.29, 1.82) is 0 Å². The molecule has 0 atom stereocenters. The number of aliphatic hydroxyl groups is 1. The molecule has 2 aromatic rings. The highest BCUT2D eigenvalue weighted by atomic mass is 35.5. The number of nitrogens with one attached hydrogen (secondary N) is 1. The highest BCUT2D eigenvalue weighted by molar-refractivity contribution is 6.33. The van der Waals surface area contributed by atoms with Crippen molar-refractivity contribution in [2.24, 2.45) is 0 Å². The van der Waals surface area contributed by atoms with Crippen LogP contribution in [-0.4, -0.2) is 18.8 Å². The highest BCUT2D eigenvalue weighted by Gasteiger charge is 2.06. The van der Waals surface area contributed by atoms with E-state index in [4.69, 9.17) is 21.1 Å². The number of hydrogen-bond acceptors (Lipinski definition) is 4. The third-order valence-corrected chi connectivity index (χ3v) is 3.55. The predicted octanol–water partition coefficient (Wildman–Crippen LogP) is 3.85. The molecular weight excluding hydrogens is 302 g/mol. The zero-order valence-corrected chi connectivity index (χ0v) is 13.5. The first kappa shape index (κ1) is 16.5. The Labute approximate surface area is 135 Å². The van der Waals surface area contributed by atoms with E-state index in [9.17, 15) is 5.11 Å². The maximum atomic E-state index is 9.19. The molecule has 0 aromatic heterocycles. The van der Waals surface area contributed by atoms with E-state index in [0.717, 1.165) is 22.6 Å². The Hall–Kier alpha value is -1.91. The molecule has 2 N–H and O–H groups in total. The van der Waals surface area contributed by atoms with E-state index in [1.807, 2.05) is 31.2 Å². The van der Waals surface area contributed by atoms with E-state index >= 15 is 0 Å². The van der Waals surface area contributed by atoms with E-state index < -0.39 is 0 Å². The molecule has 0 amide bonds. The first-order chi connectivity index (χ1) is 10.7. The lowest BCUT2D eigenvalue weighted by Gasteiger charge is -2.13. The molecule has 2 rings (SSSR count). The number of aliphatic hydroxyl groups excluding tert-OH is 1. The number of anilines is 1. The molecule has 0 saturated carbocycles. The average Bonchev–Trinajstić information content (AvgIpc) is 2.54. The van der Waals surface area contributed by atoms with Crippen molar-refractivity contribution < 1.29 is 14.6 Å². The van der Waals surface area contributed by atoms with E-state index in [1.54, 1.807) is 19.2 Å². The first-order valence-corrected chi connectivity index (χ1v) is 7.48. The van der Waals surface area contributed by atoms with Crippen LogP contribution in [-0.2, 0) is 13.2 Å². The van der Waals surface area contributed by atoms with Gasteiger partial charge < -0.3 is 19.9 Å². The molecule has 0 aliphatic rings. The van der Waals surface area contributed by atoms with Gasteiger partial charge in [0.25, 0.3) is 0 Å². The summed E-state index contributed by atoms with van der Waals surface area (Å²) in [7, 11) is 1.62. The van der Waals surface area contributed by atoms with Crippen LogP contribution in [0.4, 0.5) is 5.69 Å². The van der Waals surface area contributed by atoms with Gasteiger partial charge in [0.2, 0.25) is 0 Å². The quantitative estimate of drug-likeness (QED) is 0.813. The zero-order chi connectivity index (χ0) is 15.9. The molecule has 5 heteroatoms. The molecular formula is C17H20ClNO3. The van der Waals surface area contributed by atoms with Crippen molar-refractivity contribution in [2.75, 3.05) is 19.0 Å². The molecule has 0 saturated heterocycles. The van der Waals surface area contributed by atoms with Crippen molar-refractivity contribution in [3.63, 3.8) is 0 Å². The largest absolute Gasteiger partial charge is 0.493 e. The Morgan fingerprint density at radius 3 is 2.55 bits per heavy atom. The minimum absolute atomic E-state index is 0.0110. The molecule has 4 nitrogen and oxygen atoms in total.